The van der Waals surface area contributed by atoms with E-state index >= 15 is 0 Å². The van der Waals surface area contributed by atoms with Crippen LogP contribution in [0.15, 0.2) is 23.3 Å². The van der Waals surface area contributed by atoms with Crippen molar-refractivity contribution in [3.63, 3.8) is 0 Å². The SMILES string of the molecule is COc1cc(C)c2c(c1)CC[C@](C)(CC1=C(CC(C)(C)O)C(=O)[C@]3(C)CCC[C@]3(C)C1)O2. The molecule has 0 bridgehead atoms. The van der Waals surface area contributed by atoms with Gasteiger partial charge in [0.1, 0.15) is 17.1 Å². The summed E-state index contributed by atoms with van der Waals surface area (Å²) >= 11 is 0. The maximum atomic E-state index is 13.9. The van der Waals surface area contributed by atoms with Crippen LogP contribution in [0.3, 0.4) is 0 Å². The maximum Gasteiger partial charge on any atom is 0.165 e. The predicted molar refractivity (Wildman–Crippen MR) is 127 cm³/mol. The summed E-state index contributed by atoms with van der Waals surface area (Å²) in [6, 6.07) is 4.11. The third-order valence-electron chi connectivity index (χ3n) is 8.57. The van der Waals surface area contributed by atoms with Gasteiger partial charge < -0.3 is 14.6 Å². The Labute approximate surface area is 193 Å². The van der Waals surface area contributed by atoms with E-state index in [2.05, 4.69) is 33.8 Å². The van der Waals surface area contributed by atoms with Crippen molar-refractivity contribution in [1.82, 2.24) is 0 Å². The third kappa shape index (κ3) is 3.89. The minimum absolute atomic E-state index is 0.00523. The Bertz CT molecular complexity index is 968. The molecule has 0 unspecified atom stereocenters. The summed E-state index contributed by atoms with van der Waals surface area (Å²) in [5, 5.41) is 10.7. The van der Waals surface area contributed by atoms with Gasteiger partial charge in [-0.3, -0.25) is 4.79 Å². The second-order valence-electron chi connectivity index (χ2n) is 12.0. The van der Waals surface area contributed by atoms with Gasteiger partial charge in [-0.2, -0.15) is 0 Å². The van der Waals surface area contributed by atoms with Crippen LogP contribution < -0.4 is 9.47 Å². The van der Waals surface area contributed by atoms with Crippen molar-refractivity contribution in [2.45, 2.75) is 104 Å². The standard InChI is InChI=1S/C28H40O4/c1-18-13-21(31-7)14-19-9-12-27(5,32-23(18)19)16-20-15-26(4)10-8-11-28(26,6)24(29)22(20)17-25(2,3)30/h13-14,30H,8-12,15-17H2,1-7H3/t26-,27-,28+/m1/s1. The third-order valence-corrected chi connectivity index (χ3v) is 8.57. The number of hydrogen-bond donors (Lipinski definition) is 1. The van der Waals surface area contributed by atoms with E-state index in [9.17, 15) is 9.90 Å². The fourth-order valence-electron chi connectivity index (χ4n) is 6.49. The van der Waals surface area contributed by atoms with Crippen LogP contribution in [0.2, 0.25) is 0 Å². The molecule has 1 aliphatic heterocycles. The summed E-state index contributed by atoms with van der Waals surface area (Å²) in [6.45, 7) is 12.3. The van der Waals surface area contributed by atoms with Gasteiger partial charge in [0.05, 0.1) is 12.7 Å². The summed E-state index contributed by atoms with van der Waals surface area (Å²) in [5.41, 5.74) is 2.76. The second-order valence-corrected chi connectivity index (χ2v) is 12.0. The van der Waals surface area contributed by atoms with Gasteiger partial charge >= 0.3 is 0 Å². The highest BCUT2D eigenvalue weighted by Crippen LogP contribution is 2.61. The quantitative estimate of drug-likeness (QED) is 0.601. The van der Waals surface area contributed by atoms with Gasteiger partial charge in [-0.25, -0.2) is 0 Å². The zero-order valence-electron chi connectivity index (χ0n) is 21.0. The summed E-state index contributed by atoms with van der Waals surface area (Å²) < 4.78 is 12.1. The molecule has 3 aliphatic rings. The lowest BCUT2D eigenvalue weighted by molar-refractivity contribution is -0.131. The molecule has 2 aliphatic carbocycles. The number of ketones is 1. The number of methoxy groups -OCH3 is 1. The molecule has 1 saturated carbocycles. The number of carbonyl (C=O) groups is 1. The van der Waals surface area contributed by atoms with E-state index < -0.39 is 5.60 Å². The molecule has 1 aromatic rings. The number of fused-ring (bicyclic) bond motifs is 2. The summed E-state index contributed by atoms with van der Waals surface area (Å²) in [6.07, 6.45) is 7.05. The van der Waals surface area contributed by atoms with Gasteiger partial charge in [0.25, 0.3) is 0 Å². The highest BCUT2D eigenvalue weighted by molar-refractivity contribution is 6.02. The Kier molecular flexibility index (Phi) is 5.56. The number of aliphatic hydroxyl groups is 1. The number of aryl methyl sites for hydroxylation is 2. The minimum atomic E-state index is -0.910. The van der Waals surface area contributed by atoms with Crippen LogP contribution in [0.1, 0.15) is 90.7 Å². The highest BCUT2D eigenvalue weighted by Gasteiger charge is 2.57. The molecule has 1 aromatic carbocycles. The van der Waals surface area contributed by atoms with Gasteiger partial charge in [-0.05, 0) is 94.0 Å². The van der Waals surface area contributed by atoms with E-state index in [-0.39, 0.29) is 22.2 Å². The number of benzene rings is 1. The summed E-state index contributed by atoms with van der Waals surface area (Å²) in [5.74, 6) is 2.10. The fraction of sp³-hybridized carbons (Fsp3) is 0.679. The molecule has 3 atom stereocenters. The van der Waals surface area contributed by atoms with Gasteiger partial charge in [0.2, 0.25) is 0 Å². The van der Waals surface area contributed by atoms with Gasteiger partial charge in [-0.15, -0.1) is 0 Å². The average molecular weight is 441 g/mol. The van der Waals surface area contributed by atoms with Crippen molar-refractivity contribution in [2.24, 2.45) is 10.8 Å². The lowest BCUT2D eigenvalue weighted by atomic mass is 9.56. The zero-order valence-corrected chi connectivity index (χ0v) is 21.0. The molecule has 0 aromatic heterocycles. The first-order valence-corrected chi connectivity index (χ1v) is 12.1. The van der Waals surface area contributed by atoms with Crippen molar-refractivity contribution in [3.05, 3.63) is 34.4 Å². The Balaban J connectivity index is 1.70. The van der Waals surface area contributed by atoms with E-state index in [0.717, 1.165) is 67.6 Å². The van der Waals surface area contributed by atoms with E-state index in [1.54, 1.807) is 7.11 Å². The van der Waals surface area contributed by atoms with Crippen LogP contribution in [-0.4, -0.2) is 29.2 Å². The van der Waals surface area contributed by atoms with Crippen molar-refractivity contribution in [3.8, 4) is 11.5 Å². The molecule has 0 spiro atoms. The predicted octanol–water partition coefficient (Wildman–Crippen LogP) is 6.10. The molecule has 32 heavy (non-hydrogen) atoms. The zero-order chi connectivity index (χ0) is 23.5. The Hall–Kier alpha value is -1.81. The van der Waals surface area contributed by atoms with Crippen molar-refractivity contribution >= 4 is 5.78 Å². The van der Waals surface area contributed by atoms with Gasteiger partial charge in [-0.1, -0.05) is 25.8 Å². The number of Topliss-reactive ketones (excluding diaryl/α,β-unsaturated/α-hetero) is 1. The molecule has 4 nitrogen and oxygen atoms in total. The molecule has 4 heteroatoms. The molecular weight excluding hydrogens is 400 g/mol. The first-order chi connectivity index (χ1) is 14.8. The molecule has 1 heterocycles. The van der Waals surface area contributed by atoms with Crippen molar-refractivity contribution < 1.29 is 19.4 Å². The number of hydrogen-bond acceptors (Lipinski definition) is 4. The molecule has 0 amide bonds. The lowest BCUT2D eigenvalue weighted by Gasteiger charge is -2.48. The fourth-order valence-corrected chi connectivity index (χ4v) is 6.49. The number of ether oxygens (including phenoxy) is 2. The number of rotatable bonds is 5. The normalized spacial score (nSPS) is 32.4. The Morgan fingerprint density at radius 1 is 1.16 bits per heavy atom. The molecule has 0 radical (unpaired) electrons. The summed E-state index contributed by atoms with van der Waals surface area (Å²) in [4.78, 5) is 13.9. The molecule has 1 N–H and O–H groups in total. The average Bonchev–Trinajstić information content (AvgIpc) is 3.00. The Morgan fingerprint density at radius 2 is 1.88 bits per heavy atom. The van der Waals surface area contributed by atoms with Crippen LogP contribution in [-0.2, 0) is 11.2 Å². The first-order valence-electron chi connectivity index (χ1n) is 12.1. The Morgan fingerprint density at radius 3 is 2.53 bits per heavy atom. The van der Waals surface area contributed by atoms with E-state index in [1.165, 1.54) is 11.1 Å². The first kappa shape index (κ1) is 23.4. The monoisotopic (exact) mass is 440 g/mol. The molecule has 4 rings (SSSR count). The molecule has 176 valence electrons. The van der Waals surface area contributed by atoms with Crippen molar-refractivity contribution in [1.29, 1.82) is 0 Å². The largest absolute Gasteiger partial charge is 0.497 e. The molecule has 1 fully saturated rings. The molecule has 0 saturated heterocycles. The second kappa shape index (κ2) is 7.62. The van der Waals surface area contributed by atoms with Crippen LogP contribution >= 0.6 is 0 Å². The van der Waals surface area contributed by atoms with Gasteiger partial charge in [0.15, 0.2) is 5.78 Å². The maximum absolute atomic E-state index is 13.9. The lowest BCUT2D eigenvalue weighted by Crippen LogP contribution is -2.47. The van der Waals surface area contributed by atoms with E-state index in [0.29, 0.717) is 6.42 Å². The van der Waals surface area contributed by atoms with Crippen molar-refractivity contribution in [2.75, 3.05) is 7.11 Å². The van der Waals surface area contributed by atoms with E-state index in [1.807, 2.05) is 19.9 Å². The topological polar surface area (TPSA) is 55.8 Å². The number of carbonyl (C=O) groups excluding carboxylic acids is 1. The minimum Gasteiger partial charge on any atom is -0.497 e. The highest BCUT2D eigenvalue weighted by atomic mass is 16.5. The van der Waals surface area contributed by atoms with Crippen LogP contribution in [0.25, 0.3) is 0 Å². The van der Waals surface area contributed by atoms with Crippen LogP contribution in [0, 0.1) is 17.8 Å². The van der Waals surface area contributed by atoms with Gasteiger partial charge in [0, 0.05) is 18.3 Å². The van der Waals surface area contributed by atoms with Crippen LogP contribution in [0.4, 0.5) is 0 Å². The molecular formula is C28H40O4. The van der Waals surface area contributed by atoms with Crippen LogP contribution in [0.5, 0.6) is 11.5 Å². The smallest absolute Gasteiger partial charge is 0.165 e. The van der Waals surface area contributed by atoms with E-state index in [4.69, 9.17) is 9.47 Å². The summed E-state index contributed by atoms with van der Waals surface area (Å²) in [7, 11) is 1.70.